The molecule has 5 heteroatoms. The van der Waals surface area contributed by atoms with Crippen molar-refractivity contribution >= 4 is 44.4 Å². The number of nitrogens with one attached hydrogen (secondary N) is 1. The van der Waals surface area contributed by atoms with Crippen molar-refractivity contribution in [2.24, 2.45) is 0 Å². The quantitative estimate of drug-likeness (QED) is 0.816. The van der Waals surface area contributed by atoms with E-state index < -0.39 is 0 Å². The first-order chi connectivity index (χ1) is 8.81. The summed E-state index contributed by atoms with van der Waals surface area (Å²) in [6.45, 7) is 0.984. The van der Waals surface area contributed by atoms with E-state index in [0.717, 1.165) is 27.7 Å². The zero-order chi connectivity index (χ0) is 12.8. The molecule has 0 atom stereocenters. The molecule has 2 aromatic heterocycles. The Morgan fingerprint density at radius 3 is 3.06 bits per heavy atom. The van der Waals surface area contributed by atoms with Crippen LogP contribution in [0, 0.1) is 0 Å². The molecule has 0 fully saturated rings. The van der Waals surface area contributed by atoms with Crippen molar-refractivity contribution in [3.63, 3.8) is 0 Å². The smallest absolute Gasteiger partial charge is 0.112 e. The first kappa shape index (κ1) is 13.6. The Kier molecular flexibility index (Phi) is 5.26. The lowest BCUT2D eigenvalue weighted by Crippen LogP contribution is -2.03. The molecule has 18 heavy (non-hydrogen) atoms. The fraction of sp³-hybridized carbons (Fsp3) is 0.385. The summed E-state index contributed by atoms with van der Waals surface area (Å²) < 4.78 is 0.958. The topological polar surface area (TPSA) is 37.8 Å². The number of thioether (sulfide) groups is 1. The lowest BCUT2D eigenvalue weighted by Gasteiger charge is -2.08. The van der Waals surface area contributed by atoms with Gasteiger partial charge in [0.25, 0.3) is 0 Å². The van der Waals surface area contributed by atoms with Gasteiger partial charge in [0, 0.05) is 23.4 Å². The van der Waals surface area contributed by atoms with Crippen LogP contribution in [0.15, 0.2) is 29.0 Å². The number of hydrogen-bond acceptors (Lipinski definition) is 4. The highest BCUT2D eigenvalue weighted by Crippen LogP contribution is 2.21. The second-order valence-electron chi connectivity index (χ2n) is 4.01. The van der Waals surface area contributed by atoms with Crippen LogP contribution in [0.4, 0.5) is 5.69 Å². The molecule has 0 aliphatic rings. The number of rotatable bonds is 6. The number of fused-ring (bicyclic) bond motifs is 1. The van der Waals surface area contributed by atoms with E-state index in [1.165, 1.54) is 18.6 Å². The maximum Gasteiger partial charge on any atom is 0.112 e. The van der Waals surface area contributed by atoms with E-state index in [4.69, 9.17) is 0 Å². The number of aromatic nitrogens is 2. The number of pyridine rings is 2. The van der Waals surface area contributed by atoms with Crippen LogP contribution in [-0.4, -0.2) is 28.5 Å². The van der Waals surface area contributed by atoms with Gasteiger partial charge in [0.15, 0.2) is 0 Å². The van der Waals surface area contributed by atoms with Crippen molar-refractivity contribution in [3.05, 3.63) is 29.0 Å². The number of anilines is 1. The van der Waals surface area contributed by atoms with Crippen LogP contribution in [-0.2, 0) is 0 Å². The largest absolute Gasteiger partial charge is 0.383 e. The van der Waals surface area contributed by atoms with Gasteiger partial charge in [0.1, 0.15) is 5.52 Å². The molecule has 2 heterocycles. The normalized spacial score (nSPS) is 10.8. The number of unbranched alkanes of at least 4 members (excludes halogenated alkanes) is 1. The van der Waals surface area contributed by atoms with Gasteiger partial charge in [0.2, 0.25) is 0 Å². The molecule has 0 spiro atoms. The summed E-state index contributed by atoms with van der Waals surface area (Å²) in [5.74, 6) is 1.23. The van der Waals surface area contributed by atoms with Crippen LogP contribution in [0.5, 0.6) is 0 Å². The molecule has 0 saturated heterocycles. The summed E-state index contributed by atoms with van der Waals surface area (Å²) in [5, 5.41) is 3.44. The summed E-state index contributed by atoms with van der Waals surface area (Å²) >= 11 is 5.31. The van der Waals surface area contributed by atoms with Gasteiger partial charge in [-0.3, -0.25) is 9.97 Å². The lowest BCUT2D eigenvalue weighted by atomic mass is 10.2. The van der Waals surface area contributed by atoms with E-state index in [2.05, 4.69) is 37.5 Å². The van der Waals surface area contributed by atoms with Crippen LogP contribution in [0.25, 0.3) is 11.0 Å². The number of hydrogen-bond donors (Lipinski definition) is 1. The predicted octanol–water partition coefficient (Wildman–Crippen LogP) is 3.95. The standard InChI is InChI=1S/C13H16BrN3S/c1-18-7-3-2-5-15-11-4-6-16-12-8-10(14)9-17-13(11)12/h4,6,8-9H,2-3,5,7H2,1H3,(H,15,16). The van der Waals surface area contributed by atoms with E-state index in [9.17, 15) is 0 Å². The van der Waals surface area contributed by atoms with Crippen molar-refractivity contribution in [1.82, 2.24) is 9.97 Å². The average Bonchev–Trinajstić information content (AvgIpc) is 2.38. The van der Waals surface area contributed by atoms with Gasteiger partial charge in [-0.25, -0.2) is 0 Å². The van der Waals surface area contributed by atoms with Crippen LogP contribution in [0.2, 0.25) is 0 Å². The van der Waals surface area contributed by atoms with Crippen molar-refractivity contribution in [2.75, 3.05) is 23.9 Å². The fourth-order valence-electron chi connectivity index (χ4n) is 1.74. The summed E-state index contributed by atoms with van der Waals surface area (Å²) in [6.07, 6.45) is 8.20. The summed E-state index contributed by atoms with van der Waals surface area (Å²) in [5.41, 5.74) is 2.92. The molecule has 0 saturated carbocycles. The SMILES string of the molecule is CSCCCCNc1ccnc2cc(Br)cnc12. The molecule has 2 rings (SSSR count). The molecule has 3 nitrogen and oxygen atoms in total. The van der Waals surface area contributed by atoms with Crippen LogP contribution in [0.1, 0.15) is 12.8 Å². The van der Waals surface area contributed by atoms with Crippen LogP contribution < -0.4 is 5.32 Å². The summed E-state index contributed by atoms with van der Waals surface area (Å²) in [6, 6.07) is 3.97. The third kappa shape index (κ3) is 3.59. The predicted molar refractivity (Wildman–Crippen MR) is 83.3 cm³/mol. The fourth-order valence-corrected chi connectivity index (χ4v) is 2.55. The Bertz CT molecular complexity index is 519. The van der Waals surface area contributed by atoms with E-state index >= 15 is 0 Å². The van der Waals surface area contributed by atoms with Gasteiger partial charge >= 0.3 is 0 Å². The molecule has 2 aromatic rings. The molecule has 1 N–H and O–H groups in total. The zero-order valence-corrected chi connectivity index (χ0v) is 12.7. The van der Waals surface area contributed by atoms with Crippen molar-refractivity contribution in [1.29, 1.82) is 0 Å². The van der Waals surface area contributed by atoms with Gasteiger partial charge in [0.05, 0.1) is 11.2 Å². The highest BCUT2D eigenvalue weighted by molar-refractivity contribution is 9.10. The van der Waals surface area contributed by atoms with Crippen LogP contribution >= 0.6 is 27.7 Å². The van der Waals surface area contributed by atoms with E-state index in [1.807, 2.05) is 36.3 Å². The molecular weight excluding hydrogens is 310 g/mol. The van der Waals surface area contributed by atoms with Crippen LogP contribution in [0.3, 0.4) is 0 Å². The monoisotopic (exact) mass is 325 g/mol. The highest BCUT2D eigenvalue weighted by atomic mass is 79.9. The minimum absolute atomic E-state index is 0.915. The van der Waals surface area contributed by atoms with Gasteiger partial charge in [-0.1, -0.05) is 0 Å². The second-order valence-corrected chi connectivity index (χ2v) is 5.91. The molecule has 0 radical (unpaired) electrons. The molecule has 0 aliphatic heterocycles. The summed E-state index contributed by atoms with van der Waals surface area (Å²) in [7, 11) is 0. The van der Waals surface area contributed by atoms with Crippen molar-refractivity contribution in [2.45, 2.75) is 12.8 Å². The van der Waals surface area contributed by atoms with Crippen molar-refractivity contribution in [3.8, 4) is 0 Å². The molecule has 0 unspecified atom stereocenters. The average molecular weight is 326 g/mol. The molecule has 0 amide bonds. The highest BCUT2D eigenvalue weighted by Gasteiger charge is 2.03. The molecule has 0 aliphatic carbocycles. The first-order valence-electron chi connectivity index (χ1n) is 5.94. The third-order valence-electron chi connectivity index (χ3n) is 2.63. The number of nitrogens with zero attached hydrogens (tertiary/aromatic N) is 2. The molecule has 0 bridgehead atoms. The summed E-state index contributed by atoms with van der Waals surface area (Å²) in [4.78, 5) is 8.74. The Labute approximate surface area is 120 Å². The Morgan fingerprint density at radius 1 is 1.33 bits per heavy atom. The minimum Gasteiger partial charge on any atom is -0.383 e. The van der Waals surface area contributed by atoms with E-state index in [0.29, 0.717) is 0 Å². The second kappa shape index (κ2) is 6.95. The zero-order valence-electron chi connectivity index (χ0n) is 10.3. The van der Waals surface area contributed by atoms with Crippen molar-refractivity contribution < 1.29 is 0 Å². The first-order valence-corrected chi connectivity index (χ1v) is 8.13. The Balaban J connectivity index is 2.04. The van der Waals surface area contributed by atoms with E-state index in [-0.39, 0.29) is 0 Å². The molecular formula is C13H16BrN3S. The lowest BCUT2D eigenvalue weighted by molar-refractivity contribution is 0.844. The number of halogens is 1. The van der Waals surface area contributed by atoms with Gasteiger partial charge in [-0.2, -0.15) is 11.8 Å². The van der Waals surface area contributed by atoms with Gasteiger partial charge in [-0.05, 0) is 52.9 Å². The van der Waals surface area contributed by atoms with E-state index in [1.54, 1.807) is 0 Å². The Hall–Kier alpha value is -0.810. The van der Waals surface area contributed by atoms with Gasteiger partial charge in [-0.15, -0.1) is 0 Å². The molecule has 0 aromatic carbocycles. The minimum atomic E-state index is 0.915. The Morgan fingerprint density at radius 2 is 2.22 bits per heavy atom. The maximum absolute atomic E-state index is 4.42. The maximum atomic E-state index is 4.42. The van der Waals surface area contributed by atoms with Gasteiger partial charge < -0.3 is 5.32 Å². The molecule has 96 valence electrons. The third-order valence-corrected chi connectivity index (χ3v) is 3.77.